The number of nitrogens with one attached hydrogen (secondary N) is 1. The van der Waals surface area contributed by atoms with Crippen LogP contribution in [0.4, 0.5) is 5.69 Å². The number of carbonyl (C=O) groups is 2. The van der Waals surface area contributed by atoms with Gasteiger partial charge in [0.2, 0.25) is 0 Å². The Kier molecular flexibility index (Phi) is 6.92. The molecule has 0 spiro atoms. The summed E-state index contributed by atoms with van der Waals surface area (Å²) in [6.45, 7) is 0.799. The Bertz CT molecular complexity index is 818. The van der Waals surface area contributed by atoms with Crippen LogP contribution in [0, 0.1) is 0 Å². The summed E-state index contributed by atoms with van der Waals surface area (Å²) in [5.74, 6) is -0.847. The minimum atomic E-state index is -0.717. The zero-order valence-corrected chi connectivity index (χ0v) is 14.8. The molecule has 0 aliphatic carbocycles. The van der Waals surface area contributed by atoms with Gasteiger partial charge in [-0.2, -0.15) is 0 Å². The number of rotatable bonds is 8. The lowest BCUT2D eigenvalue weighted by Crippen LogP contribution is -2.16. The van der Waals surface area contributed by atoms with Gasteiger partial charge in [-0.05, 0) is 12.1 Å². The fourth-order valence-electron chi connectivity index (χ4n) is 2.16. The number of carbonyl (C=O) groups excluding carboxylic acids is 2. The Balaban J connectivity index is 2.43. The van der Waals surface area contributed by atoms with Crippen molar-refractivity contribution in [2.75, 3.05) is 39.9 Å². The quantitative estimate of drug-likeness (QED) is 0.433. The first kappa shape index (κ1) is 19.2. The number of methoxy groups -OCH3 is 3. The van der Waals surface area contributed by atoms with E-state index in [0.29, 0.717) is 30.2 Å². The van der Waals surface area contributed by atoms with Gasteiger partial charge < -0.3 is 24.3 Å². The number of ether oxygens (including phenoxy) is 4. The molecule has 8 heteroatoms. The fraction of sp³-hybridized carbons (Fsp3) is 0.278. The molecule has 0 fully saturated rings. The second kappa shape index (κ2) is 9.38. The highest BCUT2D eigenvalue weighted by atomic mass is 16.5. The third-order valence-electron chi connectivity index (χ3n) is 3.37. The first-order valence-corrected chi connectivity index (χ1v) is 7.74. The molecular weight excluding hydrogens is 340 g/mol. The van der Waals surface area contributed by atoms with Crippen LogP contribution in [-0.4, -0.2) is 51.5 Å². The van der Waals surface area contributed by atoms with Crippen molar-refractivity contribution in [1.82, 2.24) is 4.98 Å². The second-order valence-corrected chi connectivity index (χ2v) is 5.08. The lowest BCUT2D eigenvalue weighted by atomic mass is 10.1. The van der Waals surface area contributed by atoms with Crippen LogP contribution in [0.3, 0.4) is 0 Å². The van der Waals surface area contributed by atoms with Gasteiger partial charge in [-0.15, -0.1) is 0 Å². The average Bonchev–Trinajstić information content (AvgIpc) is 2.66. The first-order chi connectivity index (χ1) is 12.6. The molecule has 26 heavy (non-hydrogen) atoms. The molecule has 2 rings (SSSR count). The lowest BCUT2D eigenvalue weighted by Gasteiger charge is -2.14. The van der Waals surface area contributed by atoms with Crippen LogP contribution in [0.2, 0.25) is 0 Å². The SMILES string of the molecule is COCCOc1cc(N/C(=C\C(=O)OC)C(=O)OC)c2ncccc2c1. The molecule has 1 aromatic carbocycles. The summed E-state index contributed by atoms with van der Waals surface area (Å²) in [5, 5.41) is 3.68. The van der Waals surface area contributed by atoms with E-state index in [9.17, 15) is 9.59 Å². The number of pyridine rings is 1. The van der Waals surface area contributed by atoms with Gasteiger partial charge in [0, 0.05) is 24.8 Å². The molecule has 0 atom stereocenters. The van der Waals surface area contributed by atoms with Crippen molar-refractivity contribution in [3.8, 4) is 5.75 Å². The zero-order chi connectivity index (χ0) is 18.9. The summed E-state index contributed by atoms with van der Waals surface area (Å²) in [6.07, 6.45) is 2.64. The summed E-state index contributed by atoms with van der Waals surface area (Å²) in [5.41, 5.74) is 1.00. The molecule has 0 amide bonds. The van der Waals surface area contributed by atoms with Gasteiger partial charge in [0.15, 0.2) is 0 Å². The molecule has 0 aliphatic heterocycles. The van der Waals surface area contributed by atoms with E-state index in [-0.39, 0.29) is 5.70 Å². The van der Waals surface area contributed by atoms with Gasteiger partial charge in [-0.25, -0.2) is 9.59 Å². The molecule has 0 saturated heterocycles. The molecule has 0 saturated carbocycles. The molecule has 138 valence electrons. The first-order valence-electron chi connectivity index (χ1n) is 7.74. The molecule has 1 N–H and O–H groups in total. The van der Waals surface area contributed by atoms with Crippen LogP contribution in [0.5, 0.6) is 5.75 Å². The molecule has 0 unspecified atom stereocenters. The lowest BCUT2D eigenvalue weighted by molar-refractivity contribution is -0.138. The van der Waals surface area contributed by atoms with Gasteiger partial charge in [-0.3, -0.25) is 4.98 Å². The highest BCUT2D eigenvalue weighted by Gasteiger charge is 2.15. The Morgan fingerprint density at radius 1 is 1.15 bits per heavy atom. The molecule has 2 aromatic rings. The normalized spacial score (nSPS) is 11.1. The summed E-state index contributed by atoms with van der Waals surface area (Å²) >= 11 is 0. The van der Waals surface area contributed by atoms with Crippen LogP contribution in [-0.2, 0) is 23.8 Å². The molecule has 1 heterocycles. The Morgan fingerprint density at radius 2 is 1.96 bits per heavy atom. The Morgan fingerprint density at radius 3 is 2.65 bits per heavy atom. The summed E-state index contributed by atoms with van der Waals surface area (Å²) < 4.78 is 19.9. The van der Waals surface area contributed by atoms with Crippen molar-refractivity contribution in [2.24, 2.45) is 0 Å². The Hall–Kier alpha value is -3.13. The minimum absolute atomic E-state index is 0.0830. The van der Waals surface area contributed by atoms with E-state index in [2.05, 4.69) is 15.0 Å². The van der Waals surface area contributed by atoms with Crippen molar-refractivity contribution in [3.63, 3.8) is 0 Å². The third-order valence-corrected chi connectivity index (χ3v) is 3.37. The predicted molar refractivity (Wildman–Crippen MR) is 94.9 cm³/mol. The standard InChI is InChI=1S/C18H20N2O6/c1-23-7-8-26-13-9-12-5-4-6-19-17(12)14(10-13)20-15(18(22)25-3)11-16(21)24-2/h4-6,9-11,20H,7-8H2,1-3H3/b15-11-. The number of fused-ring (bicyclic) bond motifs is 1. The van der Waals surface area contributed by atoms with E-state index >= 15 is 0 Å². The van der Waals surface area contributed by atoms with Gasteiger partial charge in [-0.1, -0.05) is 6.07 Å². The maximum Gasteiger partial charge on any atom is 0.354 e. The zero-order valence-electron chi connectivity index (χ0n) is 14.8. The van der Waals surface area contributed by atoms with Gasteiger partial charge >= 0.3 is 11.9 Å². The smallest absolute Gasteiger partial charge is 0.354 e. The highest BCUT2D eigenvalue weighted by molar-refractivity contribution is 6.01. The molecular formula is C18H20N2O6. The summed E-state index contributed by atoms with van der Waals surface area (Å²) in [4.78, 5) is 27.8. The van der Waals surface area contributed by atoms with E-state index in [0.717, 1.165) is 11.5 Å². The highest BCUT2D eigenvalue weighted by Crippen LogP contribution is 2.29. The largest absolute Gasteiger partial charge is 0.491 e. The van der Waals surface area contributed by atoms with Crippen molar-refractivity contribution in [1.29, 1.82) is 0 Å². The van der Waals surface area contributed by atoms with Crippen molar-refractivity contribution in [3.05, 3.63) is 42.2 Å². The maximum absolute atomic E-state index is 12.0. The number of hydrogen-bond donors (Lipinski definition) is 1. The third kappa shape index (κ3) is 4.93. The van der Waals surface area contributed by atoms with Crippen LogP contribution in [0.1, 0.15) is 0 Å². The Labute approximate surface area is 150 Å². The van der Waals surface area contributed by atoms with Crippen molar-refractivity contribution in [2.45, 2.75) is 0 Å². The second-order valence-electron chi connectivity index (χ2n) is 5.08. The van der Waals surface area contributed by atoms with Gasteiger partial charge in [0.05, 0.1) is 38.1 Å². The number of aromatic nitrogens is 1. The van der Waals surface area contributed by atoms with E-state index < -0.39 is 11.9 Å². The van der Waals surface area contributed by atoms with E-state index in [1.165, 1.54) is 14.2 Å². The number of hydrogen-bond acceptors (Lipinski definition) is 8. The van der Waals surface area contributed by atoms with E-state index in [1.54, 1.807) is 25.4 Å². The van der Waals surface area contributed by atoms with Gasteiger partial charge in [0.25, 0.3) is 0 Å². The molecule has 0 bridgehead atoms. The average molecular weight is 360 g/mol. The number of anilines is 1. The van der Waals surface area contributed by atoms with Crippen LogP contribution in [0.25, 0.3) is 10.9 Å². The predicted octanol–water partition coefficient (Wildman–Crippen LogP) is 1.90. The van der Waals surface area contributed by atoms with Crippen LogP contribution < -0.4 is 10.1 Å². The molecule has 1 aromatic heterocycles. The molecule has 0 radical (unpaired) electrons. The fourth-order valence-corrected chi connectivity index (χ4v) is 2.16. The maximum atomic E-state index is 12.0. The number of nitrogens with zero attached hydrogens (tertiary/aromatic N) is 1. The van der Waals surface area contributed by atoms with Crippen molar-refractivity contribution < 1.29 is 28.5 Å². The topological polar surface area (TPSA) is 96.0 Å². The molecule has 0 aliphatic rings. The monoisotopic (exact) mass is 360 g/mol. The summed E-state index contributed by atoms with van der Waals surface area (Å²) in [7, 11) is 4.02. The van der Waals surface area contributed by atoms with Gasteiger partial charge in [0.1, 0.15) is 18.1 Å². The summed E-state index contributed by atoms with van der Waals surface area (Å²) in [6, 6.07) is 7.15. The number of esters is 2. The molecule has 8 nitrogen and oxygen atoms in total. The van der Waals surface area contributed by atoms with E-state index in [1.807, 2.05) is 12.1 Å². The van der Waals surface area contributed by atoms with E-state index in [4.69, 9.17) is 14.2 Å². The van der Waals surface area contributed by atoms with Crippen LogP contribution >= 0.6 is 0 Å². The number of benzene rings is 1. The van der Waals surface area contributed by atoms with Crippen molar-refractivity contribution >= 4 is 28.5 Å². The minimum Gasteiger partial charge on any atom is -0.491 e. The van der Waals surface area contributed by atoms with Crippen LogP contribution in [0.15, 0.2) is 42.2 Å².